The fraction of sp³-hybridized carbons (Fsp3) is 0.111. The minimum atomic E-state index is -0.198. The van der Waals surface area contributed by atoms with Crippen LogP contribution in [0.1, 0.15) is 33.2 Å². The van der Waals surface area contributed by atoms with E-state index in [1.165, 1.54) is 0 Å². The minimum Gasteiger partial charge on any atom is -0.322 e. The average Bonchev–Trinajstić information content (AvgIpc) is 2.82. The molecule has 0 aliphatic heterocycles. The molecule has 4 rings (SSSR count). The van der Waals surface area contributed by atoms with Crippen molar-refractivity contribution in [3.8, 4) is 0 Å². The molecule has 4 aromatic rings. The lowest BCUT2D eigenvalue weighted by molar-refractivity contribution is 0.0987. The second kappa shape index (κ2) is 9.37. The zero-order valence-electron chi connectivity index (χ0n) is 17.9. The van der Waals surface area contributed by atoms with E-state index in [1.807, 2.05) is 62.4 Å². The number of aryl methyl sites for hydroxylation is 1. The van der Waals surface area contributed by atoms with E-state index in [4.69, 9.17) is 0 Å². The molecule has 0 bridgehead atoms. The van der Waals surface area contributed by atoms with E-state index in [0.29, 0.717) is 23.4 Å². The van der Waals surface area contributed by atoms with Crippen LogP contribution in [-0.2, 0) is 0 Å². The fourth-order valence-electron chi connectivity index (χ4n) is 3.66. The van der Waals surface area contributed by atoms with E-state index in [-0.39, 0.29) is 11.8 Å². The lowest BCUT2D eigenvalue weighted by Crippen LogP contribution is -2.30. The Hall–Kier alpha value is -3.44. The number of carbonyl (C=O) groups excluding carboxylic acids is 2. The number of nitrogens with one attached hydrogen (secondary N) is 1. The van der Waals surface area contributed by atoms with Gasteiger partial charge in [0.1, 0.15) is 0 Å². The molecule has 1 N–H and O–H groups in total. The molecule has 4 nitrogen and oxygen atoms in total. The fourth-order valence-corrected chi connectivity index (χ4v) is 4.04. The third-order valence-corrected chi connectivity index (χ3v) is 6.30. The van der Waals surface area contributed by atoms with Gasteiger partial charge in [-0.3, -0.25) is 9.59 Å². The number of halogens is 1. The van der Waals surface area contributed by atoms with E-state index >= 15 is 0 Å². The van der Waals surface area contributed by atoms with Gasteiger partial charge in [-0.25, -0.2) is 0 Å². The highest BCUT2D eigenvalue weighted by Gasteiger charge is 2.18. The van der Waals surface area contributed by atoms with Crippen LogP contribution in [0.2, 0.25) is 0 Å². The van der Waals surface area contributed by atoms with Crippen molar-refractivity contribution in [3.63, 3.8) is 0 Å². The second-order valence-electron chi connectivity index (χ2n) is 7.54. The molecule has 0 fully saturated rings. The molecular weight excluding hydrogens is 464 g/mol. The van der Waals surface area contributed by atoms with Gasteiger partial charge in [0.2, 0.25) is 0 Å². The van der Waals surface area contributed by atoms with Crippen molar-refractivity contribution in [1.29, 1.82) is 0 Å². The number of amides is 2. The minimum absolute atomic E-state index is 0.0794. The summed E-state index contributed by atoms with van der Waals surface area (Å²) in [7, 11) is 0. The van der Waals surface area contributed by atoms with Crippen molar-refractivity contribution < 1.29 is 9.59 Å². The van der Waals surface area contributed by atoms with Crippen molar-refractivity contribution >= 4 is 49.9 Å². The number of fused-ring (bicyclic) bond motifs is 1. The maximum atomic E-state index is 13.3. The van der Waals surface area contributed by atoms with Gasteiger partial charge in [0.25, 0.3) is 11.8 Å². The maximum absolute atomic E-state index is 13.3. The number of carbonyl (C=O) groups is 2. The summed E-state index contributed by atoms with van der Waals surface area (Å²) < 4.78 is 0.888. The molecule has 0 saturated carbocycles. The van der Waals surface area contributed by atoms with Crippen LogP contribution in [0.25, 0.3) is 10.8 Å². The maximum Gasteiger partial charge on any atom is 0.258 e. The molecule has 0 spiro atoms. The van der Waals surface area contributed by atoms with Gasteiger partial charge in [-0.1, -0.05) is 58.4 Å². The third kappa shape index (κ3) is 4.43. The molecule has 0 aliphatic rings. The molecular formula is C27H23BrN2O2. The van der Waals surface area contributed by atoms with Gasteiger partial charge < -0.3 is 10.2 Å². The van der Waals surface area contributed by atoms with Crippen LogP contribution in [0.5, 0.6) is 0 Å². The summed E-state index contributed by atoms with van der Waals surface area (Å²) in [6, 6.07) is 26.5. The van der Waals surface area contributed by atoms with Crippen molar-refractivity contribution in [2.24, 2.45) is 0 Å². The van der Waals surface area contributed by atoms with Gasteiger partial charge in [-0.2, -0.15) is 0 Å². The number of hydrogen-bond donors (Lipinski definition) is 1. The van der Waals surface area contributed by atoms with Crippen LogP contribution in [0.15, 0.2) is 89.4 Å². The first kappa shape index (κ1) is 21.8. The van der Waals surface area contributed by atoms with Crippen molar-refractivity contribution in [2.75, 3.05) is 16.8 Å². The Kier molecular flexibility index (Phi) is 6.37. The Bertz CT molecular complexity index is 1290. The summed E-state index contributed by atoms with van der Waals surface area (Å²) in [6.45, 7) is 4.49. The second-order valence-corrected chi connectivity index (χ2v) is 8.40. The number of hydrogen-bond acceptors (Lipinski definition) is 2. The zero-order valence-corrected chi connectivity index (χ0v) is 19.5. The molecule has 0 aliphatic carbocycles. The Balaban J connectivity index is 1.54. The highest BCUT2D eigenvalue weighted by Crippen LogP contribution is 2.28. The van der Waals surface area contributed by atoms with Crippen LogP contribution < -0.4 is 10.2 Å². The predicted molar refractivity (Wildman–Crippen MR) is 135 cm³/mol. The van der Waals surface area contributed by atoms with Crippen molar-refractivity contribution in [3.05, 3.63) is 106 Å². The van der Waals surface area contributed by atoms with E-state index in [9.17, 15) is 9.59 Å². The van der Waals surface area contributed by atoms with Gasteiger partial charge in [0, 0.05) is 33.2 Å². The lowest BCUT2D eigenvalue weighted by Gasteiger charge is -2.23. The zero-order chi connectivity index (χ0) is 22.7. The summed E-state index contributed by atoms with van der Waals surface area (Å²) in [6.07, 6.45) is 0. The highest BCUT2D eigenvalue weighted by atomic mass is 79.9. The molecule has 2 amide bonds. The van der Waals surface area contributed by atoms with Crippen LogP contribution in [0.3, 0.4) is 0 Å². The first-order chi connectivity index (χ1) is 15.5. The normalized spacial score (nSPS) is 10.7. The quantitative estimate of drug-likeness (QED) is 0.336. The summed E-state index contributed by atoms with van der Waals surface area (Å²) >= 11 is 3.46. The Labute approximate surface area is 196 Å². The smallest absolute Gasteiger partial charge is 0.258 e. The van der Waals surface area contributed by atoms with Gasteiger partial charge in [0.15, 0.2) is 0 Å². The van der Waals surface area contributed by atoms with Crippen LogP contribution in [-0.4, -0.2) is 18.4 Å². The molecule has 0 radical (unpaired) electrons. The predicted octanol–water partition coefficient (Wildman–Crippen LogP) is 6.83. The topological polar surface area (TPSA) is 49.4 Å². The number of nitrogens with zero attached hydrogens (tertiary/aromatic N) is 1. The Morgan fingerprint density at radius 1 is 0.875 bits per heavy atom. The largest absolute Gasteiger partial charge is 0.322 e. The lowest BCUT2D eigenvalue weighted by atomic mass is 10.1. The summed E-state index contributed by atoms with van der Waals surface area (Å²) in [5.41, 5.74) is 3.72. The average molecular weight is 487 g/mol. The van der Waals surface area contributed by atoms with E-state index in [0.717, 1.165) is 26.5 Å². The summed E-state index contributed by atoms with van der Waals surface area (Å²) in [5, 5.41) is 5.02. The molecule has 0 saturated heterocycles. The van der Waals surface area contributed by atoms with Gasteiger partial charge in [-0.15, -0.1) is 0 Å². The van der Waals surface area contributed by atoms with Crippen LogP contribution in [0, 0.1) is 6.92 Å². The molecule has 0 atom stereocenters. The Morgan fingerprint density at radius 2 is 1.56 bits per heavy atom. The van der Waals surface area contributed by atoms with Crippen LogP contribution >= 0.6 is 15.9 Å². The van der Waals surface area contributed by atoms with E-state index < -0.39 is 0 Å². The molecule has 0 unspecified atom stereocenters. The summed E-state index contributed by atoms with van der Waals surface area (Å²) in [5.74, 6) is -0.278. The number of rotatable bonds is 5. The van der Waals surface area contributed by atoms with Crippen molar-refractivity contribution in [1.82, 2.24) is 0 Å². The van der Waals surface area contributed by atoms with E-state index in [1.54, 1.807) is 41.3 Å². The van der Waals surface area contributed by atoms with E-state index in [2.05, 4.69) is 21.2 Å². The van der Waals surface area contributed by atoms with Crippen LogP contribution in [0.4, 0.5) is 11.4 Å². The number of benzene rings is 4. The molecule has 5 heteroatoms. The van der Waals surface area contributed by atoms with Crippen molar-refractivity contribution in [2.45, 2.75) is 13.8 Å². The molecule has 0 aromatic heterocycles. The third-order valence-electron chi connectivity index (χ3n) is 5.44. The first-order valence-corrected chi connectivity index (χ1v) is 11.2. The SMILES string of the molecule is CCN(C(=O)c1ccc(NC(=O)c2ccc(C)c(Br)c2)cc1)c1cccc2ccccc12. The van der Waals surface area contributed by atoms with Gasteiger partial charge in [-0.05, 0) is 67.3 Å². The number of anilines is 2. The van der Waals surface area contributed by atoms with Gasteiger partial charge in [0.05, 0.1) is 5.69 Å². The Morgan fingerprint density at radius 3 is 2.28 bits per heavy atom. The van der Waals surface area contributed by atoms with Gasteiger partial charge >= 0.3 is 0 Å². The first-order valence-electron chi connectivity index (χ1n) is 10.4. The molecule has 4 aromatic carbocycles. The molecule has 32 heavy (non-hydrogen) atoms. The summed E-state index contributed by atoms with van der Waals surface area (Å²) in [4.78, 5) is 27.6. The monoisotopic (exact) mass is 486 g/mol. The molecule has 160 valence electrons. The molecule has 0 heterocycles. The highest BCUT2D eigenvalue weighted by molar-refractivity contribution is 9.10. The standard InChI is InChI=1S/C27H23BrN2O2/c1-3-30(25-10-6-8-19-7-4-5-9-23(19)25)27(32)20-13-15-22(16-14-20)29-26(31)21-12-11-18(2)24(28)17-21/h4-17H,3H2,1-2H3,(H,29,31).